The molecule has 3 heterocycles. The van der Waals surface area contributed by atoms with E-state index < -0.39 is 0 Å². The van der Waals surface area contributed by atoms with E-state index in [0.29, 0.717) is 6.54 Å². The molecule has 0 aliphatic rings. The topological polar surface area (TPSA) is 84.7 Å². The molecular weight excluding hydrogens is 336 g/mol. The third kappa shape index (κ3) is 4.42. The molecule has 0 aliphatic heterocycles. The zero-order valence-electron chi connectivity index (χ0n) is 14.1. The predicted octanol–water partition coefficient (Wildman–Crippen LogP) is 2.98. The largest absolute Gasteiger partial charge is 0.334 e. The van der Waals surface area contributed by atoms with Crippen LogP contribution in [-0.4, -0.2) is 25.6 Å². The van der Waals surface area contributed by atoms with Gasteiger partial charge in [0, 0.05) is 36.2 Å². The molecule has 25 heavy (non-hydrogen) atoms. The fraction of sp³-hybridized carbons (Fsp3) is 0.294. The Morgan fingerprint density at radius 1 is 1.40 bits per heavy atom. The molecule has 8 heteroatoms. The highest BCUT2D eigenvalue weighted by atomic mass is 32.1. The molecule has 0 aromatic carbocycles. The Labute approximate surface area is 150 Å². The second-order valence-corrected chi connectivity index (χ2v) is 6.50. The van der Waals surface area contributed by atoms with Crippen LogP contribution in [0.4, 0.5) is 4.79 Å². The molecule has 3 aromatic heterocycles. The van der Waals surface area contributed by atoms with Gasteiger partial charge in [-0.05, 0) is 31.0 Å². The van der Waals surface area contributed by atoms with Gasteiger partial charge >= 0.3 is 6.03 Å². The van der Waals surface area contributed by atoms with E-state index in [-0.39, 0.29) is 12.1 Å². The van der Waals surface area contributed by atoms with E-state index in [1.165, 1.54) is 0 Å². The Morgan fingerprint density at radius 3 is 2.96 bits per heavy atom. The zero-order valence-corrected chi connectivity index (χ0v) is 15.0. The highest BCUT2D eigenvalue weighted by molar-refractivity contribution is 7.09. The number of nitrogens with one attached hydrogen (secondary N) is 2. The quantitative estimate of drug-likeness (QED) is 0.711. The first-order valence-corrected chi connectivity index (χ1v) is 8.93. The lowest BCUT2D eigenvalue weighted by molar-refractivity contribution is 0.236. The van der Waals surface area contributed by atoms with Crippen molar-refractivity contribution in [1.82, 2.24) is 30.2 Å². The summed E-state index contributed by atoms with van der Waals surface area (Å²) in [4.78, 5) is 25.0. The number of nitrogens with zero attached hydrogens (tertiary/aromatic N) is 4. The van der Waals surface area contributed by atoms with Crippen molar-refractivity contribution in [2.45, 2.75) is 32.9 Å². The van der Waals surface area contributed by atoms with E-state index in [9.17, 15) is 4.79 Å². The average Bonchev–Trinajstić information content (AvgIpc) is 3.30. The summed E-state index contributed by atoms with van der Waals surface area (Å²) in [5, 5.41) is 8.79. The lowest BCUT2D eigenvalue weighted by atomic mass is 10.2. The Morgan fingerprint density at radius 2 is 2.28 bits per heavy atom. The molecule has 1 unspecified atom stereocenters. The summed E-state index contributed by atoms with van der Waals surface area (Å²) in [5.41, 5.74) is 1.94. The number of hydrogen-bond acceptors (Lipinski definition) is 5. The van der Waals surface area contributed by atoms with Crippen molar-refractivity contribution < 1.29 is 4.79 Å². The van der Waals surface area contributed by atoms with Gasteiger partial charge in [0.2, 0.25) is 0 Å². The van der Waals surface area contributed by atoms with Gasteiger partial charge in [-0.3, -0.25) is 4.57 Å². The summed E-state index contributed by atoms with van der Waals surface area (Å²) in [6.07, 6.45) is 7.73. The average molecular weight is 356 g/mol. The normalized spacial score (nSPS) is 11.9. The molecule has 0 aliphatic carbocycles. The van der Waals surface area contributed by atoms with Crippen LogP contribution in [0, 0.1) is 6.92 Å². The Bertz CT molecular complexity index is 829. The van der Waals surface area contributed by atoms with E-state index in [1.54, 1.807) is 30.1 Å². The van der Waals surface area contributed by atoms with E-state index in [0.717, 1.165) is 28.5 Å². The molecule has 130 valence electrons. The Kier molecular flexibility index (Phi) is 5.39. The van der Waals surface area contributed by atoms with Gasteiger partial charge in [-0.25, -0.2) is 19.7 Å². The minimum absolute atomic E-state index is 0.0716. The maximum Gasteiger partial charge on any atom is 0.315 e. The predicted molar refractivity (Wildman–Crippen MR) is 96.6 cm³/mol. The highest BCUT2D eigenvalue weighted by Gasteiger charge is 2.15. The monoisotopic (exact) mass is 356 g/mol. The number of rotatable bonds is 6. The first kappa shape index (κ1) is 17.1. The fourth-order valence-corrected chi connectivity index (χ4v) is 3.30. The number of urea groups is 1. The summed E-state index contributed by atoms with van der Waals surface area (Å²) >= 11 is 1.57. The van der Waals surface area contributed by atoms with Crippen LogP contribution in [0.3, 0.4) is 0 Å². The van der Waals surface area contributed by atoms with Crippen LogP contribution < -0.4 is 10.6 Å². The van der Waals surface area contributed by atoms with Crippen LogP contribution in [0.1, 0.15) is 35.7 Å². The van der Waals surface area contributed by atoms with Gasteiger partial charge in [-0.1, -0.05) is 6.92 Å². The third-order valence-electron chi connectivity index (χ3n) is 3.68. The van der Waals surface area contributed by atoms with Gasteiger partial charge in [-0.15, -0.1) is 11.3 Å². The lowest BCUT2D eigenvalue weighted by Crippen LogP contribution is -2.37. The van der Waals surface area contributed by atoms with Crippen molar-refractivity contribution in [3.05, 3.63) is 58.7 Å². The number of hydrogen-bond donors (Lipinski definition) is 2. The van der Waals surface area contributed by atoms with Crippen LogP contribution in [0.5, 0.6) is 0 Å². The van der Waals surface area contributed by atoms with Crippen LogP contribution in [0.15, 0.2) is 42.4 Å². The molecule has 0 fully saturated rings. The smallest absolute Gasteiger partial charge is 0.315 e. The van der Waals surface area contributed by atoms with Crippen LogP contribution >= 0.6 is 11.3 Å². The fourth-order valence-electron chi connectivity index (χ4n) is 2.37. The van der Waals surface area contributed by atoms with Gasteiger partial charge in [-0.2, -0.15) is 0 Å². The summed E-state index contributed by atoms with van der Waals surface area (Å²) in [6.45, 7) is 4.40. The van der Waals surface area contributed by atoms with Crippen molar-refractivity contribution in [3.8, 4) is 5.82 Å². The number of imidazole rings is 1. The molecule has 0 radical (unpaired) electrons. The van der Waals surface area contributed by atoms with Crippen molar-refractivity contribution in [3.63, 3.8) is 0 Å². The molecule has 0 saturated heterocycles. The summed E-state index contributed by atoms with van der Waals surface area (Å²) in [7, 11) is 0. The van der Waals surface area contributed by atoms with Gasteiger partial charge < -0.3 is 10.6 Å². The van der Waals surface area contributed by atoms with Crippen molar-refractivity contribution in [2.24, 2.45) is 0 Å². The van der Waals surface area contributed by atoms with Crippen LogP contribution in [-0.2, 0) is 6.54 Å². The SMILES string of the molecule is CCC(NC(=O)NCc1ccnc(-n2ccnc2)c1)c1nc(C)cs1. The minimum atomic E-state index is -0.208. The Hall–Kier alpha value is -2.74. The molecule has 0 bridgehead atoms. The molecule has 3 aromatic rings. The molecule has 7 nitrogen and oxygen atoms in total. The van der Waals surface area contributed by atoms with E-state index in [4.69, 9.17) is 0 Å². The number of pyridine rings is 1. The first-order chi connectivity index (χ1) is 12.2. The maximum atomic E-state index is 12.2. The van der Waals surface area contributed by atoms with Crippen molar-refractivity contribution in [1.29, 1.82) is 0 Å². The molecule has 2 N–H and O–H groups in total. The zero-order chi connectivity index (χ0) is 17.6. The number of aromatic nitrogens is 4. The van der Waals surface area contributed by atoms with Gasteiger partial charge in [0.25, 0.3) is 0 Å². The second-order valence-electron chi connectivity index (χ2n) is 5.61. The third-order valence-corrected chi connectivity index (χ3v) is 4.76. The maximum absolute atomic E-state index is 12.2. The summed E-state index contributed by atoms with van der Waals surface area (Å²) < 4.78 is 1.82. The van der Waals surface area contributed by atoms with Gasteiger partial charge in [0.15, 0.2) is 0 Å². The minimum Gasteiger partial charge on any atom is -0.334 e. The van der Waals surface area contributed by atoms with Crippen LogP contribution in [0.25, 0.3) is 5.82 Å². The molecule has 3 rings (SSSR count). The molecule has 2 amide bonds. The molecule has 1 atom stereocenters. The summed E-state index contributed by atoms with van der Waals surface area (Å²) in [5.74, 6) is 0.766. The number of amides is 2. The van der Waals surface area contributed by atoms with E-state index in [2.05, 4.69) is 25.6 Å². The summed E-state index contributed by atoms with van der Waals surface area (Å²) in [6, 6.07) is 3.52. The molecule has 0 saturated carbocycles. The highest BCUT2D eigenvalue weighted by Crippen LogP contribution is 2.20. The number of aryl methyl sites for hydroxylation is 1. The standard InChI is InChI=1S/C17H20N6OS/c1-3-14(16-21-12(2)10-25-16)22-17(24)20-9-13-4-5-19-15(8-13)23-7-6-18-11-23/h4-8,10-11,14H,3,9H2,1-2H3,(H2,20,22,24). The van der Waals surface area contributed by atoms with E-state index >= 15 is 0 Å². The molecule has 0 spiro atoms. The number of carbonyl (C=O) groups excluding carboxylic acids is 1. The van der Waals surface area contributed by atoms with Crippen molar-refractivity contribution >= 4 is 17.4 Å². The first-order valence-electron chi connectivity index (χ1n) is 8.05. The van der Waals surface area contributed by atoms with Gasteiger partial charge in [0.05, 0.1) is 6.04 Å². The molecular formula is C17H20N6OS. The van der Waals surface area contributed by atoms with Crippen molar-refractivity contribution in [2.75, 3.05) is 0 Å². The van der Waals surface area contributed by atoms with Crippen LogP contribution in [0.2, 0.25) is 0 Å². The second kappa shape index (κ2) is 7.89. The number of carbonyl (C=O) groups is 1. The van der Waals surface area contributed by atoms with E-state index in [1.807, 2.05) is 42.1 Å². The lowest BCUT2D eigenvalue weighted by Gasteiger charge is -2.15. The van der Waals surface area contributed by atoms with Gasteiger partial charge in [0.1, 0.15) is 17.2 Å². The number of thiazole rings is 1. The Balaban J connectivity index is 1.58.